The van der Waals surface area contributed by atoms with Crippen LogP contribution in [0.4, 0.5) is 0 Å². The molecule has 0 spiro atoms. The first kappa shape index (κ1) is 12.8. The molecule has 4 rings (SSSR count). The smallest absolute Gasteiger partial charge is 0.323 e. The summed E-state index contributed by atoms with van der Waals surface area (Å²) in [5.41, 5.74) is 4.89. The second-order valence-electron chi connectivity index (χ2n) is 5.39. The molecule has 2 heterocycles. The van der Waals surface area contributed by atoms with Gasteiger partial charge in [0.2, 0.25) is 0 Å². The Bertz CT molecular complexity index is 1050. The maximum atomic E-state index is 11.2. The summed E-state index contributed by atoms with van der Waals surface area (Å²) in [5.74, 6) is -0.894. The zero-order valence-corrected chi connectivity index (χ0v) is 11.9. The largest absolute Gasteiger partial charge is 0.480 e. The molecule has 0 amide bonds. The molecule has 0 aliphatic rings. The minimum atomic E-state index is -0.894. The van der Waals surface area contributed by atoms with Crippen LogP contribution in [0.3, 0.4) is 0 Å². The Balaban J connectivity index is 2.20. The maximum absolute atomic E-state index is 11.2. The van der Waals surface area contributed by atoms with E-state index >= 15 is 0 Å². The van der Waals surface area contributed by atoms with Crippen LogP contribution in [0.15, 0.2) is 42.5 Å². The molecule has 5 heteroatoms. The van der Waals surface area contributed by atoms with Crippen LogP contribution in [0.5, 0.6) is 0 Å². The number of carboxylic acids is 1. The van der Waals surface area contributed by atoms with Crippen LogP contribution in [0.25, 0.3) is 33.1 Å². The van der Waals surface area contributed by atoms with Crippen molar-refractivity contribution in [2.24, 2.45) is 0 Å². The number of benzene rings is 2. The SMILES string of the molecule is Cc1ccc2c(c1)c1nc3ccccc3nc1n2CC(=O)O. The average molecular weight is 291 g/mol. The number of hydrogen-bond donors (Lipinski definition) is 1. The summed E-state index contributed by atoms with van der Waals surface area (Å²) in [7, 11) is 0. The minimum absolute atomic E-state index is 0.129. The van der Waals surface area contributed by atoms with Crippen molar-refractivity contribution in [3.8, 4) is 0 Å². The van der Waals surface area contributed by atoms with Gasteiger partial charge in [-0.1, -0.05) is 23.8 Å². The van der Waals surface area contributed by atoms with E-state index in [0.29, 0.717) is 5.65 Å². The third kappa shape index (κ3) is 1.83. The van der Waals surface area contributed by atoms with Gasteiger partial charge in [-0.25, -0.2) is 9.97 Å². The van der Waals surface area contributed by atoms with E-state index in [1.54, 1.807) is 4.57 Å². The fraction of sp³-hybridized carbons (Fsp3) is 0.118. The number of carboxylic acid groups (broad SMARTS) is 1. The number of fused-ring (bicyclic) bond motifs is 4. The van der Waals surface area contributed by atoms with Crippen LogP contribution in [-0.4, -0.2) is 25.6 Å². The Kier molecular flexibility index (Phi) is 2.63. The first-order valence-corrected chi connectivity index (χ1v) is 7.00. The summed E-state index contributed by atoms with van der Waals surface area (Å²) in [5, 5.41) is 10.1. The highest BCUT2D eigenvalue weighted by Crippen LogP contribution is 2.28. The number of carbonyl (C=O) groups is 1. The van der Waals surface area contributed by atoms with Crippen molar-refractivity contribution in [2.45, 2.75) is 13.5 Å². The number of rotatable bonds is 2. The molecule has 22 heavy (non-hydrogen) atoms. The fourth-order valence-electron chi connectivity index (χ4n) is 2.84. The molecule has 0 aliphatic carbocycles. The fourth-order valence-corrected chi connectivity index (χ4v) is 2.84. The van der Waals surface area contributed by atoms with Gasteiger partial charge in [0.05, 0.1) is 16.6 Å². The van der Waals surface area contributed by atoms with Crippen molar-refractivity contribution in [3.63, 3.8) is 0 Å². The van der Waals surface area contributed by atoms with Gasteiger partial charge in [-0.15, -0.1) is 0 Å². The molecule has 0 saturated heterocycles. The van der Waals surface area contributed by atoms with Crippen LogP contribution in [0.1, 0.15) is 5.56 Å². The summed E-state index contributed by atoms with van der Waals surface area (Å²) >= 11 is 0. The summed E-state index contributed by atoms with van der Waals surface area (Å²) in [6, 6.07) is 13.6. The standard InChI is InChI=1S/C17H13N3O2/c1-10-6-7-14-11(8-10)16-17(20(14)9-15(21)22)19-13-5-3-2-4-12(13)18-16/h2-8H,9H2,1H3,(H,21,22). The Labute approximate surface area is 125 Å². The first-order valence-electron chi connectivity index (χ1n) is 7.00. The van der Waals surface area contributed by atoms with Crippen molar-refractivity contribution in [2.75, 3.05) is 0 Å². The van der Waals surface area contributed by atoms with Crippen molar-refractivity contribution >= 4 is 39.1 Å². The Morgan fingerprint density at radius 3 is 2.59 bits per heavy atom. The van der Waals surface area contributed by atoms with Crippen LogP contribution in [0.2, 0.25) is 0 Å². The first-order chi connectivity index (χ1) is 10.6. The lowest BCUT2D eigenvalue weighted by Gasteiger charge is -2.03. The molecule has 108 valence electrons. The number of aromatic nitrogens is 3. The zero-order valence-electron chi connectivity index (χ0n) is 11.9. The quantitative estimate of drug-likeness (QED) is 0.616. The molecule has 4 aromatic rings. The van der Waals surface area contributed by atoms with Gasteiger partial charge in [0.1, 0.15) is 12.1 Å². The molecule has 1 N–H and O–H groups in total. The van der Waals surface area contributed by atoms with Gasteiger partial charge >= 0.3 is 5.97 Å². The third-order valence-electron chi connectivity index (χ3n) is 3.80. The van der Waals surface area contributed by atoms with Crippen molar-refractivity contribution in [3.05, 3.63) is 48.0 Å². The van der Waals surface area contributed by atoms with E-state index in [1.165, 1.54) is 0 Å². The minimum Gasteiger partial charge on any atom is -0.480 e. The van der Waals surface area contributed by atoms with E-state index in [4.69, 9.17) is 4.98 Å². The molecule has 0 aliphatic heterocycles. The molecule has 0 saturated carbocycles. The molecule has 0 atom stereocenters. The summed E-state index contributed by atoms with van der Waals surface area (Å²) in [6.07, 6.45) is 0. The lowest BCUT2D eigenvalue weighted by Crippen LogP contribution is -2.09. The van der Waals surface area contributed by atoms with Gasteiger partial charge in [-0.2, -0.15) is 0 Å². The Morgan fingerprint density at radius 2 is 1.86 bits per heavy atom. The monoisotopic (exact) mass is 291 g/mol. The van der Waals surface area contributed by atoms with Gasteiger partial charge in [0, 0.05) is 5.39 Å². The highest BCUT2D eigenvalue weighted by Gasteiger charge is 2.16. The van der Waals surface area contributed by atoms with Gasteiger partial charge < -0.3 is 9.67 Å². The molecular formula is C17H13N3O2. The van der Waals surface area contributed by atoms with Crippen molar-refractivity contribution in [1.82, 2.24) is 14.5 Å². The Morgan fingerprint density at radius 1 is 1.14 bits per heavy atom. The summed E-state index contributed by atoms with van der Waals surface area (Å²) in [6.45, 7) is 1.88. The second-order valence-corrected chi connectivity index (χ2v) is 5.39. The Hall–Kier alpha value is -2.95. The van der Waals surface area contributed by atoms with Gasteiger partial charge in [-0.3, -0.25) is 4.79 Å². The maximum Gasteiger partial charge on any atom is 0.323 e. The van der Waals surface area contributed by atoms with Crippen LogP contribution >= 0.6 is 0 Å². The molecular weight excluding hydrogens is 278 g/mol. The number of hydrogen-bond acceptors (Lipinski definition) is 3. The molecule has 2 aromatic carbocycles. The molecule has 0 radical (unpaired) electrons. The molecule has 2 aromatic heterocycles. The average Bonchev–Trinajstić information content (AvgIpc) is 2.78. The van der Waals surface area contributed by atoms with Gasteiger partial charge in [-0.05, 0) is 31.2 Å². The summed E-state index contributed by atoms with van der Waals surface area (Å²) in [4.78, 5) is 20.5. The normalized spacial score (nSPS) is 11.5. The summed E-state index contributed by atoms with van der Waals surface area (Å²) < 4.78 is 1.71. The number of nitrogens with zero attached hydrogens (tertiary/aromatic N) is 3. The molecule has 0 fully saturated rings. The van der Waals surface area contributed by atoms with E-state index in [2.05, 4.69) is 4.98 Å². The molecule has 5 nitrogen and oxygen atoms in total. The van der Waals surface area contributed by atoms with E-state index in [9.17, 15) is 9.90 Å². The predicted octanol–water partition coefficient (Wildman–Crippen LogP) is 3.13. The highest BCUT2D eigenvalue weighted by atomic mass is 16.4. The topological polar surface area (TPSA) is 68.0 Å². The number of aryl methyl sites for hydroxylation is 1. The molecule has 0 bridgehead atoms. The zero-order chi connectivity index (χ0) is 15.3. The van der Waals surface area contributed by atoms with Gasteiger partial charge in [0.25, 0.3) is 0 Å². The van der Waals surface area contributed by atoms with E-state index in [-0.39, 0.29) is 6.54 Å². The van der Waals surface area contributed by atoms with E-state index in [1.807, 2.05) is 49.4 Å². The van der Waals surface area contributed by atoms with Crippen LogP contribution in [0, 0.1) is 6.92 Å². The van der Waals surface area contributed by atoms with Gasteiger partial charge in [0.15, 0.2) is 5.65 Å². The highest BCUT2D eigenvalue weighted by molar-refractivity contribution is 6.07. The lowest BCUT2D eigenvalue weighted by atomic mass is 10.1. The number of para-hydroxylation sites is 2. The van der Waals surface area contributed by atoms with Crippen LogP contribution < -0.4 is 0 Å². The van der Waals surface area contributed by atoms with Crippen molar-refractivity contribution in [1.29, 1.82) is 0 Å². The number of aliphatic carboxylic acids is 1. The third-order valence-corrected chi connectivity index (χ3v) is 3.80. The second kappa shape index (κ2) is 4.53. The lowest BCUT2D eigenvalue weighted by molar-refractivity contribution is -0.137. The van der Waals surface area contributed by atoms with E-state index < -0.39 is 5.97 Å². The van der Waals surface area contributed by atoms with E-state index in [0.717, 1.165) is 33.0 Å². The predicted molar refractivity (Wildman–Crippen MR) is 84.9 cm³/mol. The molecule has 0 unspecified atom stereocenters. The van der Waals surface area contributed by atoms with Crippen LogP contribution in [-0.2, 0) is 11.3 Å². The van der Waals surface area contributed by atoms with Crippen molar-refractivity contribution < 1.29 is 9.90 Å².